The number of aromatic nitrogens is 1. The molecule has 2 aliphatic rings. The molecule has 0 bridgehead atoms. The lowest BCUT2D eigenvalue weighted by Crippen LogP contribution is -2.38. The highest BCUT2D eigenvalue weighted by Gasteiger charge is 2.34. The van der Waals surface area contributed by atoms with Gasteiger partial charge >= 0.3 is 6.03 Å². The zero-order valence-electron chi connectivity index (χ0n) is 19.5. The molecule has 1 atom stereocenters. The van der Waals surface area contributed by atoms with Gasteiger partial charge in [0.25, 0.3) is 0 Å². The Kier molecular flexibility index (Phi) is 5.21. The van der Waals surface area contributed by atoms with Crippen LogP contribution in [0.25, 0.3) is 5.69 Å². The number of nitrogens with zero attached hydrogens (tertiary/aromatic N) is 2. The highest BCUT2D eigenvalue weighted by atomic mass is 16.2. The molecule has 2 heterocycles. The maximum atomic E-state index is 14.0. The average Bonchev–Trinajstić information content (AvgIpc) is 3.29. The van der Waals surface area contributed by atoms with Gasteiger partial charge in [0.15, 0.2) is 0 Å². The average molecular weight is 448 g/mol. The quantitative estimate of drug-likeness (QED) is 0.360. The van der Waals surface area contributed by atoms with Crippen LogP contribution in [0.4, 0.5) is 10.5 Å². The Labute approximate surface area is 200 Å². The molecule has 0 spiro atoms. The van der Waals surface area contributed by atoms with Gasteiger partial charge in [0, 0.05) is 17.6 Å². The van der Waals surface area contributed by atoms with Crippen molar-refractivity contribution >= 4 is 11.7 Å². The number of aryl methyl sites for hydroxylation is 2. The second-order valence-corrected chi connectivity index (χ2v) is 9.40. The van der Waals surface area contributed by atoms with Crippen LogP contribution in [0.2, 0.25) is 0 Å². The molecule has 0 unspecified atom stereocenters. The van der Waals surface area contributed by atoms with Crippen molar-refractivity contribution in [2.45, 2.75) is 45.2 Å². The number of urea groups is 1. The second-order valence-electron chi connectivity index (χ2n) is 9.40. The molecule has 1 aliphatic carbocycles. The number of carbonyl (C=O) groups is 1. The Hall–Kier alpha value is -3.79. The summed E-state index contributed by atoms with van der Waals surface area (Å²) in [4.78, 5) is 16.1. The van der Waals surface area contributed by atoms with E-state index in [4.69, 9.17) is 0 Å². The third-order valence-electron chi connectivity index (χ3n) is 7.35. The smallest absolute Gasteiger partial charge is 0.318 e. The minimum absolute atomic E-state index is 0.0586. The molecule has 0 radical (unpaired) electrons. The Bertz CT molecular complexity index is 1370. The summed E-state index contributed by atoms with van der Waals surface area (Å²) in [5, 5.41) is 3.32. The van der Waals surface area contributed by atoms with Crippen molar-refractivity contribution in [2.75, 3.05) is 5.32 Å². The third kappa shape index (κ3) is 3.50. The summed E-state index contributed by atoms with van der Waals surface area (Å²) in [5.74, 6) is 0. The lowest BCUT2D eigenvalue weighted by molar-refractivity contribution is 0.194. The first kappa shape index (κ1) is 20.8. The predicted molar refractivity (Wildman–Crippen MR) is 136 cm³/mol. The Balaban J connectivity index is 1.47. The Morgan fingerprint density at radius 3 is 2.56 bits per heavy atom. The van der Waals surface area contributed by atoms with Crippen molar-refractivity contribution < 1.29 is 4.79 Å². The van der Waals surface area contributed by atoms with Crippen LogP contribution in [0.15, 0.2) is 85.1 Å². The topological polar surface area (TPSA) is 37.3 Å². The van der Waals surface area contributed by atoms with Gasteiger partial charge in [-0.05, 0) is 84.7 Å². The van der Waals surface area contributed by atoms with E-state index in [9.17, 15) is 4.79 Å². The number of para-hydroxylation sites is 1. The van der Waals surface area contributed by atoms with Gasteiger partial charge in [-0.15, -0.1) is 0 Å². The first-order chi connectivity index (χ1) is 16.7. The molecule has 34 heavy (non-hydrogen) atoms. The van der Waals surface area contributed by atoms with Crippen LogP contribution >= 0.6 is 0 Å². The van der Waals surface area contributed by atoms with E-state index in [0.29, 0.717) is 6.54 Å². The SMILES string of the molecule is Cc1ccccc1[C@@H]1c2cccn2-c2ccccc2CN1C(=O)Nc1cccc2c1CCCC2. The van der Waals surface area contributed by atoms with E-state index in [1.54, 1.807) is 0 Å². The molecule has 1 aromatic heterocycles. The molecule has 0 fully saturated rings. The molecule has 4 heteroatoms. The molecule has 3 aromatic carbocycles. The van der Waals surface area contributed by atoms with Crippen molar-refractivity contribution in [3.8, 4) is 5.69 Å². The van der Waals surface area contributed by atoms with Crippen LogP contribution in [-0.2, 0) is 19.4 Å². The largest absolute Gasteiger partial charge is 0.322 e. The van der Waals surface area contributed by atoms with E-state index in [1.165, 1.54) is 29.5 Å². The highest BCUT2D eigenvalue weighted by Crippen LogP contribution is 2.38. The number of anilines is 1. The normalized spacial score (nSPS) is 16.7. The molecular formula is C30H29N3O. The maximum Gasteiger partial charge on any atom is 0.322 e. The van der Waals surface area contributed by atoms with E-state index in [1.807, 2.05) is 4.90 Å². The van der Waals surface area contributed by atoms with Gasteiger partial charge < -0.3 is 14.8 Å². The van der Waals surface area contributed by atoms with Crippen LogP contribution in [-0.4, -0.2) is 15.5 Å². The van der Waals surface area contributed by atoms with Gasteiger partial charge in [-0.1, -0.05) is 54.6 Å². The summed E-state index contributed by atoms with van der Waals surface area (Å²) in [7, 11) is 0. The first-order valence-corrected chi connectivity index (χ1v) is 12.2. The van der Waals surface area contributed by atoms with E-state index < -0.39 is 0 Å². The number of carbonyl (C=O) groups excluding carboxylic acids is 1. The molecule has 4 nitrogen and oxygen atoms in total. The van der Waals surface area contributed by atoms with Crippen LogP contribution in [0.5, 0.6) is 0 Å². The van der Waals surface area contributed by atoms with Crippen molar-refractivity contribution in [3.05, 3.63) is 119 Å². The van der Waals surface area contributed by atoms with Gasteiger partial charge in [0.2, 0.25) is 0 Å². The highest BCUT2D eigenvalue weighted by molar-refractivity contribution is 5.91. The fraction of sp³-hybridized carbons (Fsp3) is 0.233. The number of hydrogen-bond acceptors (Lipinski definition) is 1. The Morgan fingerprint density at radius 2 is 1.65 bits per heavy atom. The number of benzene rings is 3. The number of nitrogens with one attached hydrogen (secondary N) is 1. The first-order valence-electron chi connectivity index (χ1n) is 12.2. The van der Waals surface area contributed by atoms with E-state index in [-0.39, 0.29) is 12.1 Å². The molecule has 1 aliphatic heterocycles. The number of rotatable bonds is 2. The molecular weight excluding hydrogens is 418 g/mol. The van der Waals surface area contributed by atoms with Crippen molar-refractivity contribution in [3.63, 3.8) is 0 Å². The van der Waals surface area contributed by atoms with Gasteiger partial charge in [-0.25, -0.2) is 4.79 Å². The van der Waals surface area contributed by atoms with Crippen molar-refractivity contribution in [1.82, 2.24) is 9.47 Å². The summed E-state index contributed by atoms with van der Waals surface area (Å²) >= 11 is 0. The summed E-state index contributed by atoms with van der Waals surface area (Å²) in [6.07, 6.45) is 6.62. The summed E-state index contributed by atoms with van der Waals surface area (Å²) in [6.45, 7) is 2.67. The lowest BCUT2D eigenvalue weighted by atomic mass is 9.90. The molecule has 2 amide bonds. The molecule has 0 saturated heterocycles. The zero-order valence-corrected chi connectivity index (χ0v) is 19.5. The zero-order chi connectivity index (χ0) is 23.1. The number of amides is 2. The monoisotopic (exact) mass is 447 g/mol. The molecule has 6 rings (SSSR count). The van der Waals surface area contributed by atoms with E-state index in [0.717, 1.165) is 41.0 Å². The summed E-state index contributed by atoms with van der Waals surface area (Å²) in [5.41, 5.74) is 9.34. The van der Waals surface area contributed by atoms with Crippen molar-refractivity contribution in [1.29, 1.82) is 0 Å². The van der Waals surface area contributed by atoms with Gasteiger partial charge in [0.05, 0.1) is 12.2 Å². The standard InChI is InChI=1S/C30H29N3O/c1-21-10-2-5-14-24(21)29-28-18-9-19-32(28)27-17-7-4-12-23(27)20-33(29)30(34)31-26-16-8-13-22-11-3-6-15-25(22)26/h2,4-5,7-10,12-14,16-19,29H,3,6,11,15,20H2,1H3,(H,31,34)/t29-/m1/s1. The molecule has 1 N–H and O–H groups in total. The van der Waals surface area contributed by atoms with Crippen molar-refractivity contribution in [2.24, 2.45) is 0 Å². The maximum absolute atomic E-state index is 14.0. The molecule has 4 aromatic rings. The minimum atomic E-state index is -0.192. The minimum Gasteiger partial charge on any atom is -0.318 e. The van der Waals surface area contributed by atoms with Gasteiger partial charge in [-0.2, -0.15) is 0 Å². The van der Waals surface area contributed by atoms with Gasteiger partial charge in [0.1, 0.15) is 6.04 Å². The van der Waals surface area contributed by atoms with Crippen LogP contribution in [0.3, 0.4) is 0 Å². The fourth-order valence-corrected chi connectivity index (χ4v) is 5.65. The lowest BCUT2D eigenvalue weighted by Gasteiger charge is -2.32. The van der Waals surface area contributed by atoms with Crippen LogP contribution < -0.4 is 5.32 Å². The molecule has 170 valence electrons. The van der Waals surface area contributed by atoms with Gasteiger partial charge in [-0.3, -0.25) is 0 Å². The number of hydrogen-bond donors (Lipinski definition) is 1. The van der Waals surface area contributed by atoms with Crippen LogP contribution in [0.1, 0.15) is 52.4 Å². The predicted octanol–water partition coefficient (Wildman–Crippen LogP) is 6.80. The third-order valence-corrected chi connectivity index (χ3v) is 7.35. The molecule has 0 saturated carbocycles. The summed E-state index contributed by atoms with van der Waals surface area (Å²) < 4.78 is 2.24. The Morgan fingerprint density at radius 1 is 0.853 bits per heavy atom. The summed E-state index contributed by atoms with van der Waals surface area (Å²) in [6, 6.07) is 27.1. The van der Waals surface area contributed by atoms with E-state index >= 15 is 0 Å². The fourth-order valence-electron chi connectivity index (χ4n) is 5.65. The van der Waals surface area contributed by atoms with E-state index in [2.05, 4.69) is 102 Å². The number of fused-ring (bicyclic) bond motifs is 4. The second kappa shape index (κ2) is 8.53. The van der Waals surface area contributed by atoms with Crippen LogP contribution in [0, 0.1) is 6.92 Å².